The molecule has 81 valence electrons. The highest BCUT2D eigenvalue weighted by molar-refractivity contribution is 7.36. The van der Waals surface area contributed by atoms with Crippen molar-refractivity contribution in [1.29, 1.82) is 0 Å². The summed E-state index contributed by atoms with van der Waals surface area (Å²) in [7, 11) is 24.7. The van der Waals surface area contributed by atoms with Crippen LogP contribution in [0.1, 0.15) is 50.8 Å². The predicted octanol–water partition coefficient (Wildman–Crippen LogP) is -1.43. The van der Waals surface area contributed by atoms with Crippen LogP contribution in [-0.4, -0.2) is 49.7 Å². The van der Waals surface area contributed by atoms with Crippen LogP contribution >= 0.6 is 0 Å². The van der Waals surface area contributed by atoms with Gasteiger partial charge in [-0.15, -0.1) is 0 Å². The van der Waals surface area contributed by atoms with Gasteiger partial charge >= 0.3 is 0 Å². The minimum absolute atomic E-state index is 0.258. The van der Waals surface area contributed by atoms with E-state index in [2.05, 4.69) is 32.7 Å². The molecular weight excluding hydrogens is 211 g/mol. The largest absolute Gasteiger partial charge is 0.270 e. The monoisotopic (exact) mass is 226 g/mol. The predicted molar refractivity (Wildman–Crippen MR) is 85.8 cm³/mol. The molecule has 1 rings (SSSR count). The summed E-state index contributed by atoms with van der Waals surface area (Å²) in [5, 5.41) is 0. The van der Waals surface area contributed by atoms with Gasteiger partial charge in [0.25, 0.3) is 0 Å². The molecule has 1 nitrogen and oxygen atoms in total. The van der Waals surface area contributed by atoms with Gasteiger partial charge in [0.15, 0.2) is 0 Å². The third kappa shape index (κ3) is 2.92. The fourth-order valence-electron chi connectivity index (χ4n) is 2.15. The van der Waals surface area contributed by atoms with E-state index in [-0.39, 0.29) is 11.8 Å². The van der Waals surface area contributed by atoms with E-state index in [1.54, 1.807) is 0 Å². The molecule has 0 aliphatic carbocycles. The Morgan fingerprint density at radius 2 is 1.67 bits per heavy atom. The van der Waals surface area contributed by atoms with E-state index in [0.29, 0.717) is 16.5 Å². The van der Waals surface area contributed by atoms with Gasteiger partial charge in [0.1, 0.15) is 14.3 Å². The van der Waals surface area contributed by atoms with Crippen molar-refractivity contribution in [3.63, 3.8) is 0 Å². The van der Waals surface area contributed by atoms with Crippen LogP contribution in [0.3, 0.4) is 0 Å². The third-order valence-corrected chi connectivity index (χ3v) is 2.98. The second kappa shape index (κ2) is 6.12. The first-order chi connectivity index (χ1) is 8.31. The lowest BCUT2D eigenvalue weighted by molar-refractivity contribution is 0.767. The van der Waals surface area contributed by atoms with Crippen LogP contribution < -0.4 is 16.5 Å². The SMILES string of the molecule is [B][B]c1c(B([B])[B])nc(C(C)C)c(C(C)C)c1[B]. The first-order valence-corrected chi connectivity index (χ1v) is 6.20. The Morgan fingerprint density at radius 3 is 2.00 bits per heavy atom. The van der Waals surface area contributed by atoms with Crippen LogP contribution in [-0.2, 0) is 0 Å². The van der Waals surface area contributed by atoms with E-state index in [0.717, 1.165) is 11.3 Å². The van der Waals surface area contributed by atoms with Gasteiger partial charge in [-0.25, -0.2) is 0 Å². The number of rotatable bonds is 4. The van der Waals surface area contributed by atoms with Crippen molar-refractivity contribution in [2.45, 2.75) is 39.5 Å². The van der Waals surface area contributed by atoms with Gasteiger partial charge in [0, 0.05) is 28.9 Å². The van der Waals surface area contributed by atoms with Crippen LogP contribution in [0.4, 0.5) is 0 Å². The molecule has 1 aromatic heterocycles. The highest BCUT2D eigenvalue weighted by Gasteiger charge is 2.20. The van der Waals surface area contributed by atoms with Crippen LogP contribution in [0, 0.1) is 0 Å². The number of hydrogen-bond donors (Lipinski definition) is 0. The summed E-state index contributed by atoms with van der Waals surface area (Å²) in [5.74, 6) is 0.533. The molecule has 0 aliphatic heterocycles. The van der Waals surface area contributed by atoms with Crippen molar-refractivity contribution in [2.24, 2.45) is 0 Å². The van der Waals surface area contributed by atoms with Crippen LogP contribution in [0.2, 0.25) is 0 Å². The summed E-state index contributed by atoms with van der Waals surface area (Å²) in [6, 6.07) is 0. The van der Waals surface area contributed by atoms with Crippen molar-refractivity contribution < 1.29 is 0 Å². The molecule has 0 N–H and O–H groups in total. The standard InChI is InChI=1S/C11H14B6N/c1-5(2)7-8(12)9(16-13)11(17(14)15)18-10(7)6(3)4/h5-6H,1-4H3. The highest BCUT2D eigenvalue weighted by Crippen LogP contribution is 2.21. The van der Waals surface area contributed by atoms with Crippen molar-refractivity contribution in [3.05, 3.63) is 11.3 Å². The number of nitrogens with zero attached hydrogens (tertiary/aromatic N) is 1. The van der Waals surface area contributed by atoms with E-state index in [4.69, 9.17) is 31.1 Å². The average Bonchev–Trinajstić information content (AvgIpc) is 2.26. The lowest BCUT2D eigenvalue weighted by atomic mass is 9.16. The molecule has 0 amide bonds. The lowest BCUT2D eigenvalue weighted by Gasteiger charge is -2.25. The molecule has 1 heterocycles. The minimum Gasteiger partial charge on any atom is -0.270 e. The minimum atomic E-state index is -0.680. The van der Waals surface area contributed by atoms with Gasteiger partial charge in [0.2, 0.25) is 0 Å². The number of pyridine rings is 1. The summed E-state index contributed by atoms with van der Waals surface area (Å²) >= 11 is 0. The molecule has 0 unspecified atom stereocenters. The lowest BCUT2D eigenvalue weighted by Crippen LogP contribution is -2.55. The smallest absolute Gasteiger partial charge is 0.113 e. The normalized spacial score (nSPS) is 11.0. The van der Waals surface area contributed by atoms with E-state index in [9.17, 15) is 0 Å². The molecule has 18 heavy (non-hydrogen) atoms. The first-order valence-electron chi connectivity index (χ1n) is 6.20. The zero-order valence-corrected chi connectivity index (χ0v) is 11.6. The molecule has 0 atom stereocenters. The summed E-state index contributed by atoms with van der Waals surface area (Å²) in [6.07, 6.45) is 0. The Morgan fingerprint density at radius 1 is 1.11 bits per heavy atom. The van der Waals surface area contributed by atoms with Gasteiger partial charge in [-0.1, -0.05) is 38.6 Å². The first kappa shape index (κ1) is 15.6. The van der Waals surface area contributed by atoms with Gasteiger partial charge in [0.05, 0.1) is 7.17 Å². The topological polar surface area (TPSA) is 12.9 Å². The average molecular weight is 225 g/mol. The molecule has 0 fully saturated rings. The molecule has 0 saturated carbocycles. The summed E-state index contributed by atoms with van der Waals surface area (Å²) in [4.78, 5) is 4.58. The highest BCUT2D eigenvalue weighted by atomic mass is 14.7. The van der Waals surface area contributed by atoms with E-state index in [1.807, 2.05) is 0 Å². The van der Waals surface area contributed by atoms with E-state index in [1.165, 1.54) is 7.17 Å². The molecule has 0 spiro atoms. The van der Waals surface area contributed by atoms with Crippen molar-refractivity contribution >= 4 is 61.2 Å². The summed E-state index contributed by atoms with van der Waals surface area (Å²) < 4.78 is 0. The Hall–Kier alpha value is -0.460. The zero-order chi connectivity index (χ0) is 14.0. The Bertz CT molecular complexity index is 430. The maximum Gasteiger partial charge on any atom is 0.113 e. The van der Waals surface area contributed by atoms with Crippen molar-refractivity contribution in [3.8, 4) is 0 Å². The van der Waals surface area contributed by atoms with Gasteiger partial charge in [-0.2, -0.15) is 0 Å². The molecule has 7 heteroatoms. The van der Waals surface area contributed by atoms with Crippen LogP contribution in [0.25, 0.3) is 0 Å². The molecular formula is C11H14B6N. The summed E-state index contributed by atoms with van der Waals surface area (Å²) in [5.41, 5.74) is 3.83. The maximum atomic E-state index is 6.21. The van der Waals surface area contributed by atoms with Crippen molar-refractivity contribution in [1.82, 2.24) is 4.98 Å². The van der Waals surface area contributed by atoms with Gasteiger partial charge in [-0.05, 0) is 23.0 Å². The molecule has 0 saturated heterocycles. The molecule has 0 bridgehead atoms. The zero-order valence-electron chi connectivity index (χ0n) is 11.6. The van der Waals surface area contributed by atoms with E-state index < -0.39 is 6.49 Å². The number of aromatic nitrogens is 1. The summed E-state index contributed by atoms with van der Waals surface area (Å²) in [6.45, 7) is 7.64. The van der Waals surface area contributed by atoms with Gasteiger partial charge < -0.3 is 0 Å². The quantitative estimate of drug-likeness (QED) is 0.572. The Labute approximate surface area is 117 Å². The maximum absolute atomic E-state index is 6.21. The van der Waals surface area contributed by atoms with Gasteiger partial charge in [-0.3, -0.25) is 4.98 Å². The van der Waals surface area contributed by atoms with E-state index >= 15 is 0 Å². The van der Waals surface area contributed by atoms with Crippen LogP contribution in [0.5, 0.6) is 0 Å². The molecule has 9 radical (unpaired) electrons. The van der Waals surface area contributed by atoms with Crippen molar-refractivity contribution in [2.75, 3.05) is 0 Å². The second-order valence-corrected chi connectivity index (χ2v) is 5.13. The van der Waals surface area contributed by atoms with Crippen LogP contribution in [0.15, 0.2) is 0 Å². The molecule has 1 aromatic rings. The fraction of sp³-hybridized carbons (Fsp3) is 0.545. The second-order valence-electron chi connectivity index (χ2n) is 5.13. The fourth-order valence-corrected chi connectivity index (χ4v) is 2.15. The Kier molecular flexibility index (Phi) is 5.31. The molecule has 0 aliphatic rings. The third-order valence-electron chi connectivity index (χ3n) is 2.98. The molecule has 0 aromatic carbocycles. The number of hydrogen-bond acceptors (Lipinski definition) is 1. The Balaban J connectivity index is 3.62.